The van der Waals surface area contributed by atoms with Crippen molar-refractivity contribution in [2.75, 3.05) is 0 Å². The number of carbonyl (C=O) groups is 3. The van der Waals surface area contributed by atoms with Crippen molar-refractivity contribution in [3.8, 4) is 0 Å². The van der Waals surface area contributed by atoms with Crippen molar-refractivity contribution < 1.29 is 28.6 Å². The van der Waals surface area contributed by atoms with Gasteiger partial charge in [0.05, 0.1) is 16.2 Å². The van der Waals surface area contributed by atoms with E-state index in [-0.39, 0.29) is 23.3 Å². The minimum atomic E-state index is -0.997. The second-order valence-electron chi connectivity index (χ2n) is 6.72. The zero-order chi connectivity index (χ0) is 21.6. The maximum atomic E-state index is 13.0. The molecule has 9 heteroatoms. The van der Waals surface area contributed by atoms with Crippen LogP contribution in [-0.2, 0) is 11.3 Å². The lowest BCUT2D eigenvalue weighted by Gasteiger charge is -2.18. The average molecular weight is 406 g/mol. The number of hydrogen-bond acceptors (Lipinski definition) is 8. The number of aromatic nitrogens is 1. The summed E-state index contributed by atoms with van der Waals surface area (Å²) in [4.78, 5) is 49.3. The molecule has 0 aliphatic heterocycles. The number of nitro groups is 1. The number of esters is 1. The highest BCUT2D eigenvalue weighted by Gasteiger charge is 2.39. The standard InChI is InChI=1S/C21H14N2O7/c1-10-16(11(2)30-22-10)9-29-21(26)15-8-7-14-17(18(15)23(27)28)20(25)13-6-4-3-5-12(13)19(14)24/h3-8H,9H2,1-2H3. The van der Waals surface area contributed by atoms with Gasteiger partial charge in [-0.1, -0.05) is 29.4 Å². The van der Waals surface area contributed by atoms with Gasteiger partial charge in [0.1, 0.15) is 23.5 Å². The van der Waals surface area contributed by atoms with Gasteiger partial charge in [-0.05, 0) is 26.0 Å². The van der Waals surface area contributed by atoms with Crippen LogP contribution in [-0.4, -0.2) is 27.6 Å². The Morgan fingerprint density at radius 2 is 1.73 bits per heavy atom. The normalized spacial score (nSPS) is 12.3. The second kappa shape index (κ2) is 7.03. The summed E-state index contributed by atoms with van der Waals surface area (Å²) in [6.45, 7) is 3.11. The average Bonchev–Trinajstić information content (AvgIpc) is 3.06. The van der Waals surface area contributed by atoms with E-state index in [0.29, 0.717) is 17.0 Å². The number of benzene rings is 2. The predicted molar refractivity (Wildman–Crippen MR) is 101 cm³/mol. The molecule has 0 saturated heterocycles. The molecule has 0 unspecified atom stereocenters. The molecule has 0 atom stereocenters. The quantitative estimate of drug-likeness (QED) is 0.287. The summed E-state index contributed by atoms with van der Waals surface area (Å²) in [5.41, 5.74) is -0.391. The number of aryl methyl sites for hydroxylation is 2. The Morgan fingerprint density at radius 3 is 2.33 bits per heavy atom. The number of nitro benzene ring substituents is 1. The van der Waals surface area contributed by atoms with E-state index in [9.17, 15) is 24.5 Å². The van der Waals surface area contributed by atoms with Crippen LogP contribution in [0.3, 0.4) is 0 Å². The molecule has 0 radical (unpaired) electrons. The second-order valence-corrected chi connectivity index (χ2v) is 6.72. The summed E-state index contributed by atoms with van der Waals surface area (Å²) in [7, 11) is 0. The smallest absolute Gasteiger partial charge is 0.345 e. The molecule has 1 aliphatic carbocycles. The van der Waals surface area contributed by atoms with Crippen LogP contribution in [0.15, 0.2) is 40.9 Å². The van der Waals surface area contributed by atoms with Gasteiger partial charge in [0.2, 0.25) is 5.78 Å². The first-order valence-electron chi connectivity index (χ1n) is 8.90. The largest absolute Gasteiger partial charge is 0.457 e. The van der Waals surface area contributed by atoms with E-state index in [0.717, 1.165) is 6.07 Å². The number of ketones is 2. The van der Waals surface area contributed by atoms with E-state index in [1.807, 2.05) is 0 Å². The molecule has 0 spiro atoms. The molecule has 30 heavy (non-hydrogen) atoms. The molecule has 1 aromatic heterocycles. The number of carbonyl (C=O) groups excluding carboxylic acids is 3. The third-order valence-corrected chi connectivity index (χ3v) is 5.00. The zero-order valence-corrected chi connectivity index (χ0v) is 15.9. The molecule has 9 nitrogen and oxygen atoms in total. The maximum absolute atomic E-state index is 13.0. The Kier molecular flexibility index (Phi) is 4.50. The van der Waals surface area contributed by atoms with E-state index in [1.165, 1.54) is 18.2 Å². The van der Waals surface area contributed by atoms with E-state index >= 15 is 0 Å². The highest BCUT2D eigenvalue weighted by molar-refractivity contribution is 6.30. The van der Waals surface area contributed by atoms with Crippen LogP contribution in [0.4, 0.5) is 5.69 Å². The van der Waals surface area contributed by atoms with Gasteiger partial charge >= 0.3 is 5.97 Å². The summed E-state index contributed by atoms with van der Waals surface area (Å²) >= 11 is 0. The first kappa shape index (κ1) is 19.2. The third kappa shape index (κ3) is 2.87. The number of ether oxygens (including phenoxy) is 1. The lowest BCUT2D eigenvalue weighted by Crippen LogP contribution is -2.23. The fraction of sp³-hybridized carbons (Fsp3) is 0.143. The van der Waals surface area contributed by atoms with Gasteiger partial charge in [0.25, 0.3) is 5.69 Å². The van der Waals surface area contributed by atoms with Crippen LogP contribution in [0.2, 0.25) is 0 Å². The van der Waals surface area contributed by atoms with Crippen molar-refractivity contribution in [3.05, 3.63) is 91.3 Å². The maximum Gasteiger partial charge on any atom is 0.345 e. The van der Waals surface area contributed by atoms with Gasteiger partial charge in [0.15, 0.2) is 5.78 Å². The van der Waals surface area contributed by atoms with E-state index in [2.05, 4.69) is 5.16 Å². The van der Waals surface area contributed by atoms with Crippen molar-refractivity contribution in [1.82, 2.24) is 5.16 Å². The van der Waals surface area contributed by atoms with Crippen molar-refractivity contribution in [2.24, 2.45) is 0 Å². The van der Waals surface area contributed by atoms with Gasteiger partial charge in [-0.25, -0.2) is 4.79 Å². The minimum Gasteiger partial charge on any atom is -0.457 e. The summed E-state index contributed by atoms with van der Waals surface area (Å²) in [5, 5.41) is 15.6. The van der Waals surface area contributed by atoms with Gasteiger partial charge in [-0.2, -0.15) is 0 Å². The van der Waals surface area contributed by atoms with E-state index in [4.69, 9.17) is 9.26 Å². The summed E-state index contributed by atoms with van der Waals surface area (Å²) in [6.07, 6.45) is 0. The molecular weight excluding hydrogens is 392 g/mol. The Bertz CT molecular complexity index is 1240. The molecule has 3 aromatic rings. The SMILES string of the molecule is Cc1noc(C)c1COC(=O)c1ccc2c(c1[N+](=O)[O-])C(=O)c1ccccc1C2=O. The van der Waals surface area contributed by atoms with Gasteiger partial charge < -0.3 is 9.26 Å². The summed E-state index contributed by atoms with van der Waals surface area (Å²) in [5.74, 6) is -1.74. The zero-order valence-electron chi connectivity index (χ0n) is 15.9. The molecule has 0 N–H and O–H groups in total. The summed E-state index contributed by atoms with van der Waals surface area (Å²) in [6, 6.07) is 8.43. The summed E-state index contributed by atoms with van der Waals surface area (Å²) < 4.78 is 10.2. The molecule has 2 aromatic carbocycles. The number of hydrogen-bond donors (Lipinski definition) is 0. The van der Waals surface area contributed by atoms with Crippen molar-refractivity contribution >= 4 is 23.2 Å². The molecule has 150 valence electrons. The first-order chi connectivity index (χ1) is 14.3. The van der Waals surface area contributed by atoms with Crippen molar-refractivity contribution in [3.63, 3.8) is 0 Å². The molecule has 0 fully saturated rings. The van der Waals surface area contributed by atoms with Crippen LogP contribution in [0, 0.1) is 24.0 Å². The molecular formula is C21H14N2O7. The van der Waals surface area contributed by atoms with Crippen LogP contribution in [0.25, 0.3) is 0 Å². The number of fused-ring (bicyclic) bond motifs is 2. The molecule has 4 rings (SSSR count). The highest BCUT2D eigenvalue weighted by Crippen LogP contribution is 2.35. The van der Waals surface area contributed by atoms with Crippen LogP contribution in [0.1, 0.15) is 59.2 Å². The number of rotatable bonds is 4. The third-order valence-electron chi connectivity index (χ3n) is 5.00. The topological polar surface area (TPSA) is 130 Å². The fourth-order valence-electron chi connectivity index (χ4n) is 3.45. The first-order valence-corrected chi connectivity index (χ1v) is 8.90. The highest BCUT2D eigenvalue weighted by atomic mass is 16.6. The fourth-order valence-corrected chi connectivity index (χ4v) is 3.45. The Morgan fingerprint density at radius 1 is 1.07 bits per heavy atom. The van der Waals surface area contributed by atoms with Gasteiger partial charge in [0, 0.05) is 16.7 Å². The van der Waals surface area contributed by atoms with Gasteiger partial charge in [-0.15, -0.1) is 0 Å². The van der Waals surface area contributed by atoms with Crippen LogP contribution < -0.4 is 0 Å². The Labute approximate surface area is 169 Å². The van der Waals surface area contributed by atoms with E-state index in [1.54, 1.807) is 26.0 Å². The lowest BCUT2D eigenvalue weighted by molar-refractivity contribution is -0.385. The van der Waals surface area contributed by atoms with E-state index < -0.39 is 39.3 Å². The monoisotopic (exact) mass is 406 g/mol. The van der Waals surface area contributed by atoms with Crippen molar-refractivity contribution in [2.45, 2.75) is 20.5 Å². The minimum absolute atomic E-state index is 0.0549. The molecule has 0 saturated carbocycles. The van der Waals surface area contributed by atoms with Crippen LogP contribution >= 0.6 is 0 Å². The predicted octanol–water partition coefficient (Wildman–Crippen LogP) is 3.33. The molecule has 1 heterocycles. The van der Waals surface area contributed by atoms with Crippen LogP contribution in [0.5, 0.6) is 0 Å². The lowest BCUT2D eigenvalue weighted by atomic mass is 9.82. The Balaban J connectivity index is 1.78. The van der Waals surface area contributed by atoms with Crippen molar-refractivity contribution in [1.29, 1.82) is 0 Å². The van der Waals surface area contributed by atoms with Gasteiger partial charge in [-0.3, -0.25) is 19.7 Å². The number of nitrogens with zero attached hydrogens (tertiary/aromatic N) is 2. The Hall–Kier alpha value is -4.14. The molecule has 0 bridgehead atoms. The molecule has 0 amide bonds. The molecule has 1 aliphatic rings.